The molecule has 1 atom stereocenters. The molecule has 0 radical (unpaired) electrons. The standard InChI is InChI=1S/C18H20/c1-16(18-14-6-3-7-15-18)10-8-9-13-17-11-4-2-5-12-17/h2-8,10-12,14-16H,9,13H2,1H3/b10-8+/t16-/m0/s1. The second kappa shape index (κ2) is 6.80. The van der Waals surface area contributed by atoms with Crippen LogP contribution in [0.5, 0.6) is 0 Å². The zero-order chi connectivity index (χ0) is 12.6. The molecular weight excluding hydrogens is 216 g/mol. The Bertz CT molecular complexity index is 468. The quantitative estimate of drug-likeness (QED) is 0.642. The number of allylic oxidation sites excluding steroid dienone is 2. The summed E-state index contributed by atoms with van der Waals surface area (Å²) in [5, 5.41) is 0. The van der Waals surface area contributed by atoms with Gasteiger partial charge in [-0.05, 0) is 29.9 Å². The molecule has 0 amide bonds. The fourth-order valence-corrected chi connectivity index (χ4v) is 2.06. The van der Waals surface area contributed by atoms with E-state index in [4.69, 9.17) is 0 Å². The molecule has 2 rings (SSSR count). The lowest BCUT2D eigenvalue weighted by atomic mass is 10.00. The highest BCUT2D eigenvalue weighted by molar-refractivity contribution is 5.23. The SMILES string of the molecule is C[C@@H](/C=C/CCc1ccccc1)c1ccccc1. The first-order valence-electron chi connectivity index (χ1n) is 6.62. The molecule has 0 bridgehead atoms. The molecule has 0 aliphatic carbocycles. The maximum absolute atomic E-state index is 2.30. The van der Waals surface area contributed by atoms with Gasteiger partial charge >= 0.3 is 0 Å². The molecule has 0 aliphatic heterocycles. The van der Waals surface area contributed by atoms with Crippen molar-refractivity contribution in [1.29, 1.82) is 0 Å². The Kier molecular flexibility index (Phi) is 4.78. The third-order valence-electron chi connectivity index (χ3n) is 3.19. The Balaban J connectivity index is 1.82. The van der Waals surface area contributed by atoms with Crippen molar-refractivity contribution in [2.45, 2.75) is 25.7 Å². The van der Waals surface area contributed by atoms with Crippen LogP contribution < -0.4 is 0 Å². The fourth-order valence-electron chi connectivity index (χ4n) is 2.06. The van der Waals surface area contributed by atoms with Crippen LogP contribution in [-0.2, 0) is 6.42 Å². The van der Waals surface area contributed by atoms with E-state index in [1.807, 2.05) is 0 Å². The monoisotopic (exact) mass is 236 g/mol. The average Bonchev–Trinajstić information content (AvgIpc) is 2.45. The van der Waals surface area contributed by atoms with Gasteiger partial charge in [-0.3, -0.25) is 0 Å². The summed E-state index contributed by atoms with van der Waals surface area (Å²) in [5.74, 6) is 0.502. The average molecular weight is 236 g/mol. The topological polar surface area (TPSA) is 0 Å². The van der Waals surface area contributed by atoms with Gasteiger partial charge in [0.1, 0.15) is 0 Å². The summed E-state index contributed by atoms with van der Waals surface area (Å²) < 4.78 is 0. The van der Waals surface area contributed by atoms with Crippen LogP contribution in [-0.4, -0.2) is 0 Å². The first kappa shape index (κ1) is 12.6. The smallest absolute Gasteiger partial charge is 0.00104 e. The van der Waals surface area contributed by atoms with E-state index in [9.17, 15) is 0 Å². The fraction of sp³-hybridized carbons (Fsp3) is 0.222. The molecular formula is C18H20. The van der Waals surface area contributed by atoms with Gasteiger partial charge in [0.25, 0.3) is 0 Å². The van der Waals surface area contributed by atoms with Crippen molar-refractivity contribution >= 4 is 0 Å². The van der Waals surface area contributed by atoms with Gasteiger partial charge in [-0.2, -0.15) is 0 Å². The number of hydrogen-bond donors (Lipinski definition) is 0. The van der Waals surface area contributed by atoms with Gasteiger partial charge in [0, 0.05) is 0 Å². The van der Waals surface area contributed by atoms with E-state index in [0.29, 0.717) is 5.92 Å². The largest absolute Gasteiger partial charge is 0.0876 e. The van der Waals surface area contributed by atoms with Crippen LogP contribution in [0.2, 0.25) is 0 Å². The minimum absolute atomic E-state index is 0.502. The van der Waals surface area contributed by atoms with Gasteiger partial charge in [-0.1, -0.05) is 79.7 Å². The molecule has 0 heteroatoms. The van der Waals surface area contributed by atoms with Crippen molar-refractivity contribution in [2.24, 2.45) is 0 Å². The number of rotatable bonds is 5. The first-order valence-corrected chi connectivity index (χ1v) is 6.62. The van der Waals surface area contributed by atoms with Crippen molar-refractivity contribution in [3.8, 4) is 0 Å². The van der Waals surface area contributed by atoms with Crippen LogP contribution >= 0.6 is 0 Å². The van der Waals surface area contributed by atoms with Gasteiger partial charge in [0.2, 0.25) is 0 Å². The van der Waals surface area contributed by atoms with Gasteiger partial charge in [-0.15, -0.1) is 0 Å². The highest BCUT2D eigenvalue weighted by Crippen LogP contribution is 2.16. The van der Waals surface area contributed by atoms with Gasteiger partial charge in [0.15, 0.2) is 0 Å². The van der Waals surface area contributed by atoms with Crippen molar-refractivity contribution in [3.63, 3.8) is 0 Å². The Labute approximate surface area is 110 Å². The molecule has 0 aromatic heterocycles. The van der Waals surface area contributed by atoms with Crippen molar-refractivity contribution < 1.29 is 0 Å². The van der Waals surface area contributed by atoms with Crippen molar-refractivity contribution in [1.82, 2.24) is 0 Å². The zero-order valence-electron chi connectivity index (χ0n) is 10.9. The summed E-state index contributed by atoms with van der Waals surface area (Å²) in [5.41, 5.74) is 2.79. The third kappa shape index (κ3) is 3.89. The predicted molar refractivity (Wildman–Crippen MR) is 78.8 cm³/mol. The van der Waals surface area contributed by atoms with E-state index >= 15 is 0 Å². The maximum atomic E-state index is 2.30. The van der Waals surface area contributed by atoms with E-state index in [1.165, 1.54) is 11.1 Å². The summed E-state index contributed by atoms with van der Waals surface area (Å²) in [6, 6.07) is 21.3. The molecule has 0 unspecified atom stereocenters. The molecule has 0 N–H and O–H groups in total. The summed E-state index contributed by atoms with van der Waals surface area (Å²) in [7, 11) is 0. The summed E-state index contributed by atoms with van der Waals surface area (Å²) in [4.78, 5) is 0. The Morgan fingerprint density at radius 1 is 0.889 bits per heavy atom. The molecule has 2 aromatic carbocycles. The van der Waals surface area contributed by atoms with Crippen LogP contribution in [0.4, 0.5) is 0 Å². The predicted octanol–water partition coefficient (Wildman–Crippen LogP) is 4.98. The van der Waals surface area contributed by atoms with Crippen LogP contribution in [0.3, 0.4) is 0 Å². The van der Waals surface area contributed by atoms with E-state index < -0.39 is 0 Å². The first-order chi connectivity index (χ1) is 8.86. The highest BCUT2D eigenvalue weighted by Gasteiger charge is 1.98. The molecule has 0 heterocycles. The molecule has 0 nitrogen and oxygen atoms in total. The number of benzene rings is 2. The van der Waals surface area contributed by atoms with E-state index in [-0.39, 0.29) is 0 Å². The molecule has 92 valence electrons. The molecule has 18 heavy (non-hydrogen) atoms. The number of hydrogen-bond acceptors (Lipinski definition) is 0. The Morgan fingerprint density at radius 2 is 1.50 bits per heavy atom. The van der Waals surface area contributed by atoms with Crippen LogP contribution in [0.25, 0.3) is 0 Å². The van der Waals surface area contributed by atoms with E-state index in [2.05, 4.69) is 79.7 Å². The molecule has 0 spiro atoms. The number of aryl methyl sites for hydroxylation is 1. The molecule has 0 saturated carbocycles. The molecule has 0 aliphatic rings. The Morgan fingerprint density at radius 3 is 2.17 bits per heavy atom. The Hall–Kier alpha value is -1.82. The van der Waals surface area contributed by atoms with Crippen molar-refractivity contribution in [3.05, 3.63) is 83.9 Å². The minimum Gasteiger partial charge on any atom is -0.0876 e. The molecule has 0 saturated heterocycles. The van der Waals surface area contributed by atoms with Crippen molar-refractivity contribution in [2.75, 3.05) is 0 Å². The summed E-state index contributed by atoms with van der Waals surface area (Å²) in [6.45, 7) is 2.24. The minimum atomic E-state index is 0.502. The molecule has 0 fully saturated rings. The lowest BCUT2D eigenvalue weighted by Crippen LogP contribution is -1.88. The lowest BCUT2D eigenvalue weighted by molar-refractivity contribution is 0.935. The van der Waals surface area contributed by atoms with Gasteiger partial charge in [-0.25, -0.2) is 0 Å². The van der Waals surface area contributed by atoms with Gasteiger partial charge in [0.05, 0.1) is 0 Å². The maximum Gasteiger partial charge on any atom is -0.00104 e. The highest BCUT2D eigenvalue weighted by atomic mass is 14.0. The van der Waals surface area contributed by atoms with E-state index in [1.54, 1.807) is 0 Å². The summed E-state index contributed by atoms with van der Waals surface area (Å²) in [6.07, 6.45) is 6.84. The van der Waals surface area contributed by atoms with E-state index in [0.717, 1.165) is 12.8 Å². The lowest BCUT2D eigenvalue weighted by Gasteiger charge is -2.05. The van der Waals surface area contributed by atoms with Gasteiger partial charge < -0.3 is 0 Å². The summed E-state index contributed by atoms with van der Waals surface area (Å²) >= 11 is 0. The molecule has 2 aromatic rings. The normalized spacial score (nSPS) is 12.7. The van der Waals surface area contributed by atoms with Crippen LogP contribution in [0.1, 0.15) is 30.4 Å². The van der Waals surface area contributed by atoms with Crippen LogP contribution in [0, 0.1) is 0 Å². The third-order valence-corrected chi connectivity index (χ3v) is 3.19. The zero-order valence-corrected chi connectivity index (χ0v) is 10.9. The second-order valence-electron chi connectivity index (χ2n) is 4.65. The second-order valence-corrected chi connectivity index (χ2v) is 4.65. The van der Waals surface area contributed by atoms with Crippen LogP contribution in [0.15, 0.2) is 72.8 Å².